The number of rotatable bonds is 8. The predicted octanol–water partition coefficient (Wildman–Crippen LogP) is 2.58. The summed E-state index contributed by atoms with van der Waals surface area (Å²) >= 11 is 0. The molecule has 6 nitrogen and oxygen atoms in total. The Labute approximate surface area is 168 Å². The van der Waals surface area contributed by atoms with Gasteiger partial charge in [0, 0.05) is 32.2 Å². The van der Waals surface area contributed by atoms with Crippen molar-refractivity contribution in [2.75, 3.05) is 40.3 Å². The van der Waals surface area contributed by atoms with E-state index in [4.69, 9.17) is 4.74 Å². The molecule has 0 saturated heterocycles. The fraction of sp³-hybridized carbons (Fsp3) is 0.556. The third-order valence-electron chi connectivity index (χ3n) is 3.78. The summed E-state index contributed by atoms with van der Waals surface area (Å²) in [6, 6.07) is 7.82. The molecule has 142 valence electrons. The molecule has 0 aromatic heterocycles. The number of nitrogens with zero attached hydrogens (tertiary/aromatic N) is 3. The molecule has 0 aliphatic rings. The minimum Gasteiger partial charge on any atom is -0.496 e. The highest BCUT2D eigenvalue weighted by molar-refractivity contribution is 14.0. The molecule has 1 N–H and O–H groups in total. The van der Waals surface area contributed by atoms with Gasteiger partial charge in [0.25, 0.3) is 0 Å². The van der Waals surface area contributed by atoms with Crippen molar-refractivity contribution in [3.05, 3.63) is 29.8 Å². The Morgan fingerprint density at radius 2 is 1.84 bits per heavy atom. The molecule has 1 rings (SSSR count). The van der Waals surface area contributed by atoms with Crippen LogP contribution < -0.4 is 10.1 Å². The van der Waals surface area contributed by atoms with E-state index in [-0.39, 0.29) is 29.9 Å². The second-order valence-corrected chi connectivity index (χ2v) is 5.40. The van der Waals surface area contributed by atoms with E-state index in [1.807, 2.05) is 61.9 Å². The second kappa shape index (κ2) is 12.8. The number of aliphatic imine (C=N–C) groups is 1. The van der Waals surface area contributed by atoms with Crippen LogP contribution in [-0.2, 0) is 11.3 Å². The van der Waals surface area contributed by atoms with Crippen molar-refractivity contribution < 1.29 is 9.53 Å². The van der Waals surface area contributed by atoms with E-state index in [0.717, 1.165) is 30.9 Å². The molecule has 7 heteroatoms. The first-order valence-corrected chi connectivity index (χ1v) is 8.46. The largest absolute Gasteiger partial charge is 0.496 e. The number of amides is 1. The number of para-hydroxylation sites is 1. The summed E-state index contributed by atoms with van der Waals surface area (Å²) in [6.45, 7) is 8.98. The average molecular weight is 462 g/mol. The first-order valence-electron chi connectivity index (χ1n) is 8.46. The molecule has 25 heavy (non-hydrogen) atoms. The predicted molar refractivity (Wildman–Crippen MR) is 114 cm³/mol. The van der Waals surface area contributed by atoms with Crippen molar-refractivity contribution in [1.29, 1.82) is 0 Å². The zero-order valence-electron chi connectivity index (χ0n) is 15.9. The lowest BCUT2D eigenvalue weighted by Gasteiger charge is -2.25. The number of likely N-dealkylation sites (N-methyl/N-ethyl adjacent to an activating group) is 2. The monoisotopic (exact) mass is 462 g/mol. The quantitative estimate of drug-likeness (QED) is 0.367. The smallest absolute Gasteiger partial charge is 0.242 e. The zero-order chi connectivity index (χ0) is 17.9. The van der Waals surface area contributed by atoms with Crippen LogP contribution in [0.1, 0.15) is 26.3 Å². The van der Waals surface area contributed by atoms with Crippen molar-refractivity contribution in [2.24, 2.45) is 4.99 Å². The summed E-state index contributed by atoms with van der Waals surface area (Å²) in [4.78, 5) is 20.6. The van der Waals surface area contributed by atoms with Crippen LogP contribution in [0.4, 0.5) is 0 Å². The lowest BCUT2D eigenvalue weighted by Crippen LogP contribution is -2.45. The van der Waals surface area contributed by atoms with E-state index in [2.05, 4.69) is 10.3 Å². The Bertz CT molecular complexity index is 548. The maximum Gasteiger partial charge on any atom is 0.242 e. The van der Waals surface area contributed by atoms with Gasteiger partial charge in [-0.2, -0.15) is 0 Å². The number of methoxy groups -OCH3 is 1. The van der Waals surface area contributed by atoms with E-state index in [1.54, 1.807) is 7.11 Å². The molecule has 0 atom stereocenters. The van der Waals surface area contributed by atoms with Crippen molar-refractivity contribution >= 4 is 35.8 Å². The summed E-state index contributed by atoms with van der Waals surface area (Å²) in [7, 11) is 3.54. The molecular weight excluding hydrogens is 431 g/mol. The van der Waals surface area contributed by atoms with Crippen LogP contribution in [0.5, 0.6) is 5.75 Å². The van der Waals surface area contributed by atoms with Crippen molar-refractivity contribution in [3.63, 3.8) is 0 Å². The summed E-state index contributed by atoms with van der Waals surface area (Å²) in [5.41, 5.74) is 1.01. The maximum atomic E-state index is 12.3. The van der Waals surface area contributed by atoms with Crippen molar-refractivity contribution in [1.82, 2.24) is 15.1 Å². The van der Waals surface area contributed by atoms with Gasteiger partial charge >= 0.3 is 0 Å². The van der Waals surface area contributed by atoms with Crippen LogP contribution in [0.25, 0.3) is 0 Å². The minimum atomic E-state index is 0. The van der Waals surface area contributed by atoms with Gasteiger partial charge in [0.1, 0.15) is 5.75 Å². The van der Waals surface area contributed by atoms with Gasteiger partial charge in [-0.05, 0) is 26.8 Å². The van der Waals surface area contributed by atoms with Crippen molar-refractivity contribution in [2.45, 2.75) is 27.3 Å². The molecule has 0 radical (unpaired) electrons. The molecule has 1 amide bonds. The third kappa shape index (κ3) is 7.50. The number of hydrogen-bond acceptors (Lipinski definition) is 3. The minimum absolute atomic E-state index is 0. The summed E-state index contributed by atoms with van der Waals surface area (Å²) in [6.07, 6.45) is 0. The van der Waals surface area contributed by atoms with Crippen molar-refractivity contribution in [3.8, 4) is 5.75 Å². The number of benzene rings is 1. The summed E-state index contributed by atoms with van der Waals surface area (Å²) < 4.78 is 5.36. The highest BCUT2D eigenvalue weighted by atomic mass is 127. The molecule has 0 unspecified atom stereocenters. The van der Waals surface area contributed by atoms with Crippen LogP contribution in [0.2, 0.25) is 0 Å². The molecule has 0 saturated carbocycles. The van der Waals surface area contributed by atoms with Crippen LogP contribution in [-0.4, -0.2) is 62.0 Å². The SMILES string of the molecule is CCNC(=NCc1ccccc1OC)N(C)CC(=O)N(CC)CC.I. The number of carbonyl (C=O) groups is 1. The van der Waals surface area contributed by atoms with Gasteiger partial charge in [0.15, 0.2) is 5.96 Å². The van der Waals surface area contributed by atoms with E-state index in [1.165, 1.54) is 0 Å². The third-order valence-corrected chi connectivity index (χ3v) is 3.78. The topological polar surface area (TPSA) is 57.2 Å². The number of ether oxygens (including phenoxy) is 1. The van der Waals surface area contributed by atoms with Crippen LogP contribution in [0.15, 0.2) is 29.3 Å². The zero-order valence-corrected chi connectivity index (χ0v) is 18.2. The lowest BCUT2D eigenvalue weighted by molar-refractivity contribution is -0.131. The standard InChI is InChI=1S/C18H30N4O2.HI/c1-6-19-18(21(4)14-17(23)22(7-2)8-3)20-13-15-11-9-10-12-16(15)24-5;/h9-12H,6-8,13-14H2,1-5H3,(H,19,20);1H. The van der Waals surface area contributed by atoms with Gasteiger partial charge in [-0.3, -0.25) is 4.79 Å². The Morgan fingerprint density at radius 1 is 1.20 bits per heavy atom. The average Bonchev–Trinajstić information content (AvgIpc) is 2.59. The van der Waals surface area contributed by atoms with E-state index >= 15 is 0 Å². The lowest BCUT2D eigenvalue weighted by atomic mass is 10.2. The van der Waals surface area contributed by atoms with Gasteiger partial charge in [0.2, 0.25) is 5.91 Å². The molecule has 0 fully saturated rings. The van der Waals surface area contributed by atoms with Gasteiger partial charge < -0.3 is 19.9 Å². The van der Waals surface area contributed by atoms with E-state index in [9.17, 15) is 4.79 Å². The summed E-state index contributed by atoms with van der Waals surface area (Å²) in [5.74, 6) is 1.63. The Kier molecular flexibility index (Phi) is 12.0. The Balaban J connectivity index is 0.00000576. The molecule has 0 heterocycles. The number of nitrogens with one attached hydrogen (secondary N) is 1. The highest BCUT2D eigenvalue weighted by Crippen LogP contribution is 2.18. The fourth-order valence-electron chi connectivity index (χ4n) is 2.42. The molecular formula is C18H31IN4O2. The number of hydrogen-bond donors (Lipinski definition) is 1. The molecule has 0 bridgehead atoms. The summed E-state index contributed by atoms with van der Waals surface area (Å²) in [5, 5.41) is 3.23. The van der Waals surface area contributed by atoms with E-state index < -0.39 is 0 Å². The van der Waals surface area contributed by atoms with Crippen LogP contribution in [0.3, 0.4) is 0 Å². The Hall–Kier alpha value is -1.51. The number of carbonyl (C=O) groups excluding carboxylic acids is 1. The van der Waals surface area contributed by atoms with Crippen LogP contribution in [0, 0.1) is 0 Å². The first kappa shape index (κ1) is 23.5. The maximum absolute atomic E-state index is 12.3. The number of guanidine groups is 1. The van der Waals surface area contributed by atoms with E-state index in [0.29, 0.717) is 19.0 Å². The van der Waals surface area contributed by atoms with Gasteiger partial charge in [-0.25, -0.2) is 4.99 Å². The second-order valence-electron chi connectivity index (χ2n) is 5.40. The fourth-order valence-corrected chi connectivity index (χ4v) is 2.42. The van der Waals surface area contributed by atoms with Gasteiger partial charge in [-0.1, -0.05) is 18.2 Å². The molecule has 1 aromatic carbocycles. The highest BCUT2D eigenvalue weighted by Gasteiger charge is 2.15. The molecule has 0 spiro atoms. The normalized spacial score (nSPS) is 10.7. The number of halogens is 1. The molecule has 1 aromatic rings. The first-order chi connectivity index (χ1) is 11.6. The Morgan fingerprint density at radius 3 is 2.40 bits per heavy atom. The molecule has 0 aliphatic heterocycles. The van der Waals surface area contributed by atoms with Gasteiger partial charge in [-0.15, -0.1) is 24.0 Å². The van der Waals surface area contributed by atoms with Crippen LogP contribution >= 0.6 is 24.0 Å². The van der Waals surface area contributed by atoms with Gasteiger partial charge in [0.05, 0.1) is 20.2 Å². The molecule has 0 aliphatic carbocycles.